The minimum absolute atomic E-state index is 0.158. The van der Waals surface area contributed by atoms with Gasteiger partial charge in [-0.15, -0.1) is 0 Å². The number of carbonyl (C=O) groups excluding carboxylic acids is 1. The van der Waals surface area contributed by atoms with Crippen molar-refractivity contribution >= 4 is 22.4 Å². The van der Waals surface area contributed by atoms with Crippen LogP contribution < -0.4 is 10.2 Å². The van der Waals surface area contributed by atoms with E-state index in [1.807, 2.05) is 104 Å². The monoisotopic (exact) mass is 396 g/mol. The lowest BCUT2D eigenvalue weighted by Gasteiger charge is -2.23. The maximum Gasteiger partial charge on any atom is 0.252 e. The van der Waals surface area contributed by atoms with Gasteiger partial charge in [0.05, 0.1) is 6.04 Å². The Morgan fingerprint density at radius 2 is 1.50 bits per heavy atom. The highest BCUT2D eigenvalue weighted by Gasteiger charge is 2.23. The third kappa shape index (κ3) is 3.85. The van der Waals surface area contributed by atoms with E-state index in [2.05, 4.69) is 5.32 Å². The first-order valence-corrected chi connectivity index (χ1v) is 9.88. The predicted molar refractivity (Wildman–Crippen MR) is 122 cm³/mol. The molecule has 1 atom stereocenters. The Bertz CT molecular complexity index is 1170. The zero-order valence-electron chi connectivity index (χ0n) is 17.0. The Hall–Kier alpha value is -3.79. The molecular weight excluding hydrogens is 372 g/mol. The van der Waals surface area contributed by atoms with Crippen molar-refractivity contribution in [3.05, 3.63) is 108 Å². The van der Waals surface area contributed by atoms with Gasteiger partial charge in [-0.25, -0.2) is 0 Å². The molecule has 0 aliphatic carbocycles. The van der Waals surface area contributed by atoms with Gasteiger partial charge in [-0.05, 0) is 46.7 Å². The van der Waals surface area contributed by atoms with Crippen LogP contribution in [0, 0.1) is 0 Å². The van der Waals surface area contributed by atoms with Crippen LogP contribution in [0.15, 0.2) is 91.0 Å². The Labute approximate surface area is 176 Å². The summed E-state index contributed by atoms with van der Waals surface area (Å²) in [6.45, 7) is 0. The van der Waals surface area contributed by atoms with E-state index < -0.39 is 6.04 Å². The Kier molecular flexibility index (Phi) is 5.40. The summed E-state index contributed by atoms with van der Waals surface area (Å²) in [5.74, 6) is -0.0349. The highest BCUT2D eigenvalue weighted by molar-refractivity contribution is 5.96. The Morgan fingerprint density at radius 3 is 2.20 bits per heavy atom. The fourth-order valence-electron chi connectivity index (χ4n) is 3.68. The largest absolute Gasteiger partial charge is 0.508 e. The molecule has 0 aromatic heterocycles. The molecule has 0 aliphatic rings. The van der Waals surface area contributed by atoms with Gasteiger partial charge in [0.2, 0.25) is 0 Å². The first-order valence-electron chi connectivity index (χ1n) is 9.88. The first kappa shape index (κ1) is 19.5. The minimum atomic E-state index is -0.488. The maximum atomic E-state index is 13.1. The van der Waals surface area contributed by atoms with Gasteiger partial charge >= 0.3 is 0 Å². The highest BCUT2D eigenvalue weighted by atomic mass is 16.3. The Balaban J connectivity index is 1.77. The van der Waals surface area contributed by atoms with Gasteiger partial charge in [0.1, 0.15) is 5.75 Å². The van der Waals surface area contributed by atoms with Crippen LogP contribution in [0.5, 0.6) is 5.75 Å². The van der Waals surface area contributed by atoms with Gasteiger partial charge in [0.15, 0.2) is 0 Å². The number of amides is 1. The molecule has 0 heterocycles. The molecule has 4 heteroatoms. The number of aromatic hydroxyl groups is 1. The SMILES string of the molecule is CN(C)c1ccc(C(=O)NC(c2ccccc2)c2c(O)ccc3ccccc23)cc1. The topological polar surface area (TPSA) is 52.6 Å². The van der Waals surface area contributed by atoms with Crippen molar-refractivity contribution in [3.63, 3.8) is 0 Å². The quantitative estimate of drug-likeness (QED) is 0.492. The van der Waals surface area contributed by atoms with Crippen molar-refractivity contribution in [3.8, 4) is 5.75 Å². The summed E-state index contributed by atoms with van der Waals surface area (Å²) in [4.78, 5) is 15.1. The summed E-state index contributed by atoms with van der Waals surface area (Å²) in [5, 5.41) is 15.8. The second kappa shape index (κ2) is 8.29. The molecule has 4 rings (SSSR count). The zero-order chi connectivity index (χ0) is 21.1. The standard InChI is InChI=1S/C26H24N2O2/c1-28(2)21-15-12-20(13-16-21)26(30)27-25(19-9-4-3-5-10-19)24-22-11-7-6-8-18(22)14-17-23(24)29/h3-17,25,29H,1-2H3,(H,27,30). The van der Waals surface area contributed by atoms with Crippen LogP contribution in [0.3, 0.4) is 0 Å². The summed E-state index contributed by atoms with van der Waals surface area (Å²) in [6, 6.07) is 28.2. The van der Waals surface area contributed by atoms with Crippen molar-refractivity contribution in [2.45, 2.75) is 6.04 Å². The molecule has 1 unspecified atom stereocenters. The summed E-state index contributed by atoms with van der Waals surface area (Å²) in [6.07, 6.45) is 0. The van der Waals surface area contributed by atoms with E-state index in [-0.39, 0.29) is 11.7 Å². The number of phenols is 1. The van der Waals surface area contributed by atoms with Gasteiger partial charge in [-0.1, -0.05) is 60.7 Å². The van der Waals surface area contributed by atoms with Gasteiger partial charge in [-0.3, -0.25) is 4.79 Å². The fourth-order valence-corrected chi connectivity index (χ4v) is 3.68. The van der Waals surface area contributed by atoms with E-state index in [4.69, 9.17) is 0 Å². The third-order valence-corrected chi connectivity index (χ3v) is 5.29. The molecule has 1 amide bonds. The molecular formula is C26H24N2O2. The second-order valence-electron chi connectivity index (χ2n) is 7.48. The molecule has 0 saturated heterocycles. The number of hydrogen-bond acceptors (Lipinski definition) is 3. The molecule has 30 heavy (non-hydrogen) atoms. The molecule has 0 radical (unpaired) electrons. The lowest BCUT2D eigenvalue weighted by atomic mass is 9.92. The van der Waals surface area contributed by atoms with Crippen LogP contribution in [-0.2, 0) is 0 Å². The summed E-state index contributed by atoms with van der Waals surface area (Å²) in [5.41, 5.74) is 3.19. The molecule has 0 saturated carbocycles. The molecule has 0 aliphatic heterocycles. The maximum absolute atomic E-state index is 13.1. The summed E-state index contributed by atoms with van der Waals surface area (Å²) < 4.78 is 0. The van der Waals surface area contributed by atoms with Crippen LogP contribution in [0.25, 0.3) is 10.8 Å². The van der Waals surface area contributed by atoms with E-state index in [1.54, 1.807) is 6.07 Å². The molecule has 2 N–H and O–H groups in total. The molecule has 4 nitrogen and oxygen atoms in total. The lowest BCUT2D eigenvalue weighted by Crippen LogP contribution is -2.29. The van der Waals surface area contributed by atoms with Crippen LogP contribution >= 0.6 is 0 Å². The summed E-state index contributed by atoms with van der Waals surface area (Å²) >= 11 is 0. The van der Waals surface area contributed by atoms with Crippen LogP contribution in [0.4, 0.5) is 5.69 Å². The second-order valence-corrected chi connectivity index (χ2v) is 7.48. The van der Waals surface area contributed by atoms with Crippen LogP contribution in [0.1, 0.15) is 27.5 Å². The molecule has 4 aromatic carbocycles. The van der Waals surface area contributed by atoms with E-state index >= 15 is 0 Å². The number of rotatable bonds is 5. The molecule has 0 fully saturated rings. The number of nitrogens with zero attached hydrogens (tertiary/aromatic N) is 1. The molecule has 4 aromatic rings. The van der Waals surface area contributed by atoms with Crippen LogP contribution in [0.2, 0.25) is 0 Å². The van der Waals surface area contributed by atoms with Gasteiger partial charge in [-0.2, -0.15) is 0 Å². The normalized spacial score (nSPS) is 11.8. The number of benzene rings is 4. The number of phenolic OH excluding ortho intramolecular Hbond substituents is 1. The number of fused-ring (bicyclic) bond motifs is 1. The summed E-state index contributed by atoms with van der Waals surface area (Å²) in [7, 11) is 3.92. The fraction of sp³-hybridized carbons (Fsp3) is 0.115. The zero-order valence-corrected chi connectivity index (χ0v) is 17.0. The smallest absolute Gasteiger partial charge is 0.252 e. The van der Waals surface area contributed by atoms with Gasteiger partial charge < -0.3 is 15.3 Å². The first-order chi connectivity index (χ1) is 14.5. The number of nitrogens with one attached hydrogen (secondary N) is 1. The van der Waals surface area contributed by atoms with E-state index in [0.29, 0.717) is 11.1 Å². The molecule has 0 bridgehead atoms. The lowest BCUT2D eigenvalue weighted by molar-refractivity contribution is 0.0943. The van der Waals surface area contributed by atoms with Crippen molar-refractivity contribution in [1.29, 1.82) is 0 Å². The Morgan fingerprint density at radius 1 is 0.833 bits per heavy atom. The highest BCUT2D eigenvalue weighted by Crippen LogP contribution is 2.36. The molecule has 150 valence electrons. The molecule has 0 spiro atoms. The predicted octanol–water partition coefficient (Wildman–Crippen LogP) is 5.13. The minimum Gasteiger partial charge on any atom is -0.508 e. The van der Waals surface area contributed by atoms with Gasteiger partial charge in [0.25, 0.3) is 5.91 Å². The number of carbonyl (C=O) groups is 1. The van der Waals surface area contributed by atoms with E-state index in [0.717, 1.165) is 22.0 Å². The van der Waals surface area contributed by atoms with Crippen molar-refractivity contribution in [2.75, 3.05) is 19.0 Å². The average Bonchev–Trinajstić information content (AvgIpc) is 2.78. The number of hydrogen-bond donors (Lipinski definition) is 2. The van der Waals surface area contributed by atoms with Crippen LogP contribution in [-0.4, -0.2) is 25.1 Å². The van der Waals surface area contributed by atoms with E-state index in [9.17, 15) is 9.90 Å². The van der Waals surface area contributed by atoms with Gasteiger partial charge in [0, 0.05) is 30.9 Å². The van der Waals surface area contributed by atoms with Crippen molar-refractivity contribution in [1.82, 2.24) is 5.32 Å². The van der Waals surface area contributed by atoms with E-state index in [1.165, 1.54) is 0 Å². The van der Waals surface area contributed by atoms with Crippen molar-refractivity contribution < 1.29 is 9.90 Å². The number of anilines is 1. The third-order valence-electron chi connectivity index (χ3n) is 5.29. The average molecular weight is 396 g/mol. The van der Waals surface area contributed by atoms with Crippen molar-refractivity contribution in [2.24, 2.45) is 0 Å².